The fourth-order valence-corrected chi connectivity index (χ4v) is 2.86. The van der Waals surface area contributed by atoms with Crippen molar-refractivity contribution in [3.8, 4) is 17.6 Å². The molecule has 7 heteroatoms. The van der Waals surface area contributed by atoms with Crippen LogP contribution in [0.4, 0.5) is 5.69 Å². The molecule has 2 aromatic rings. The van der Waals surface area contributed by atoms with Gasteiger partial charge in [0.1, 0.15) is 12.4 Å². The van der Waals surface area contributed by atoms with Crippen LogP contribution in [-0.4, -0.2) is 27.5 Å². The van der Waals surface area contributed by atoms with Gasteiger partial charge in [0.15, 0.2) is 0 Å². The number of hydrogen-bond acceptors (Lipinski definition) is 4. The van der Waals surface area contributed by atoms with E-state index in [2.05, 4.69) is 21.9 Å². The van der Waals surface area contributed by atoms with Gasteiger partial charge in [-0.2, -0.15) is 4.72 Å². The van der Waals surface area contributed by atoms with E-state index < -0.39 is 10.0 Å². The summed E-state index contributed by atoms with van der Waals surface area (Å²) in [5, 5.41) is 2.66. The first-order chi connectivity index (χ1) is 12.0. The number of carbonyl (C=O) groups excluding carboxylic acids is 1. The Morgan fingerprint density at radius 3 is 2.56 bits per heavy atom. The van der Waals surface area contributed by atoms with Crippen LogP contribution in [0.5, 0.6) is 5.75 Å². The topological polar surface area (TPSA) is 84.5 Å². The lowest BCUT2D eigenvalue weighted by atomic mass is 10.3. The second kappa shape index (κ2) is 8.87. The predicted molar refractivity (Wildman–Crippen MR) is 95.6 cm³/mol. The molecule has 0 aliphatic rings. The van der Waals surface area contributed by atoms with Crippen molar-refractivity contribution in [3.05, 3.63) is 54.6 Å². The van der Waals surface area contributed by atoms with Gasteiger partial charge >= 0.3 is 0 Å². The molecule has 0 unspecified atom stereocenters. The van der Waals surface area contributed by atoms with Gasteiger partial charge in [-0.05, 0) is 24.3 Å². The summed E-state index contributed by atoms with van der Waals surface area (Å²) in [5.74, 6) is 5.82. The second-order valence-corrected chi connectivity index (χ2v) is 6.76. The Bertz CT molecular complexity index is 884. The lowest BCUT2D eigenvalue weighted by Gasteiger charge is -2.05. The van der Waals surface area contributed by atoms with Crippen molar-refractivity contribution >= 4 is 21.6 Å². The first-order valence-corrected chi connectivity index (χ1v) is 8.96. The maximum absolute atomic E-state index is 12.0. The molecule has 0 aromatic heterocycles. The van der Waals surface area contributed by atoms with Crippen LogP contribution in [0, 0.1) is 11.8 Å². The molecular formula is C18H18N2O4S. The summed E-state index contributed by atoms with van der Waals surface area (Å²) in [4.78, 5) is 11.2. The molecule has 25 heavy (non-hydrogen) atoms. The summed E-state index contributed by atoms with van der Waals surface area (Å²) >= 11 is 0. The molecule has 0 aliphatic carbocycles. The lowest BCUT2D eigenvalue weighted by Crippen LogP contribution is -2.23. The van der Waals surface area contributed by atoms with E-state index in [9.17, 15) is 13.2 Å². The van der Waals surface area contributed by atoms with Gasteiger partial charge in [0.25, 0.3) is 0 Å². The van der Waals surface area contributed by atoms with Crippen LogP contribution in [0.2, 0.25) is 0 Å². The van der Waals surface area contributed by atoms with Gasteiger partial charge in [0, 0.05) is 18.7 Å². The number of rotatable bonds is 6. The van der Waals surface area contributed by atoms with E-state index in [4.69, 9.17) is 4.74 Å². The molecule has 130 valence electrons. The van der Waals surface area contributed by atoms with Gasteiger partial charge in [0.05, 0.1) is 11.4 Å². The van der Waals surface area contributed by atoms with Crippen LogP contribution < -0.4 is 14.8 Å². The Kier molecular flexibility index (Phi) is 6.57. The first-order valence-electron chi connectivity index (χ1n) is 7.48. The number of anilines is 1. The molecule has 2 rings (SSSR count). The highest BCUT2D eigenvalue weighted by atomic mass is 32.2. The number of benzene rings is 2. The fraction of sp³-hybridized carbons (Fsp3) is 0.167. The highest BCUT2D eigenvalue weighted by Crippen LogP contribution is 2.16. The van der Waals surface area contributed by atoms with E-state index in [0.717, 1.165) is 0 Å². The van der Waals surface area contributed by atoms with Crippen molar-refractivity contribution in [1.82, 2.24) is 4.72 Å². The quantitative estimate of drug-likeness (QED) is 0.774. The van der Waals surface area contributed by atoms with Crippen molar-refractivity contribution in [2.45, 2.75) is 11.8 Å². The summed E-state index contributed by atoms with van der Waals surface area (Å²) < 4.78 is 31.8. The third-order valence-corrected chi connectivity index (χ3v) is 4.41. The van der Waals surface area contributed by atoms with Gasteiger partial charge < -0.3 is 10.1 Å². The Balaban J connectivity index is 1.81. The molecule has 0 atom stereocenters. The summed E-state index contributed by atoms with van der Waals surface area (Å²) in [6.07, 6.45) is 0. The van der Waals surface area contributed by atoms with E-state index in [-0.39, 0.29) is 24.0 Å². The third kappa shape index (κ3) is 6.30. The molecule has 0 spiro atoms. The van der Waals surface area contributed by atoms with E-state index in [1.165, 1.54) is 19.1 Å². The Labute approximate surface area is 147 Å². The number of sulfonamides is 1. The Morgan fingerprint density at radius 2 is 1.84 bits per heavy atom. The number of amides is 1. The van der Waals surface area contributed by atoms with Crippen molar-refractivity contribution in [2.24, 2.45) is 0 Å². The molecule has 0 bridgehead atoms. The largest absolute Gasteiger partial charge is 0.481 e. The molecule has 2 aromatic carbocycles. The summed E-state index contributed by atoms with van der Waals surface area (Å²) in [6, 6.07) is 15.0. The Hall–Kier alpha value is -2.82. The van der Waals surface area contributed by atoms with Crippen molar-refractivity contribution in [2.75, 3.05) is 18.5 Å². The monoisotopic (exact) mass is 358 g/mol. The fourth-order valence-electron chi connectivity index (χ4n) is 1.91. The average Bonchev–Trinajstić information content (AvgIpc) is 2.58. The molecular weight excluding hydrogens is 340 g/mol. The van der Waals surface area contributed by atoms with Crippen LogP contribution in [-0.2, 0) is 14.8 Å². The van der Waals surface area contributed by atoms with E-state index in [0.29, 0.717) is 11.4 Å². The average molecular weight is 358 g/mol. The van der Waals surface area contributed by atoms with E-state index in [1.54, 1.807) is 42.5 Å². The maximum atomic E-state index is 12.0. The zero-order valence-corrected chi connectivity index (χ0v) is 14.5. The predicted octanol–water partition coefficient (Wildman–Crippen LogP) is 2.01. The minimum Gasteiger partial charge on any atom is -0.481 e. The SMILES string of the molecule is CC(=O)Nc1cccc(OCC#CCNS(=O)(=O)c2ccccc2)c1. The zero-order valence-electron chi connectivity index (χ0n) is 13.7. The summed E-state index contributed by atoms with van der Waals surface area (Å²) in [5.41, 5.74) is 0.633. The van der Waals surface area contributed by atoms with Crippen LogP contribution in [0.15, 0.2) is 59.5 Å². The van der Waals surface area contributed by atoms with Crippen molar-refractivity contribution < 1.29 is 17.9 Å². The minimum absolute atomic E-state index is 0.00742. The maximum Gasteiger partial charge on any atom is 0.241 e. The molecule has 2 N–H and O–H groups in total. The van der Waals surface area contributed by atoms with Gasteiger partial charge in [-0.15, -0.1) is 0 Å². The first kappa shape index (κ1) is 18.5. The summed E-state index contributed by atoms with van der Waals surface area (Å²) in [6.45, 7) is 1.53. The lowest BCUT2D eigenvalue weighted by molar-refractivity contribution is -0.114. The molecule has 6 nitrogen and oxygen atoms in total. The molecule has 0 radical (unpaired) electrons. The molecule has 1 amide bonds. The normalized spacial score (nSPS) is 10.4. The van der Waals surface area contributed by atoms with Crippen LogP contribution in [0.1, 0.15) is 6.92 Å². The second-order valence-electron chi connectivity index (χ2n) is 4.99. The molecule has 0 aliphatic heterocycles. The number of hydrogen-bond donors (Lipinski definition) is 2. The van der Waals surface area contributed by atoms with Gasteiger partial charge in [-0.1, -0.05) is 36.1 Å². The van der Waals surface area contributed by atoms with Gasteiger partial charge in [-0.3, -0.25) is 4.79 Å². The van der Waals surface area contributed by atoms with Crippen LogP contribution >= 0.6 is 0 Å². The number of carbonyl (C=O) groups is 1. The molecule has 0 saturated heterocycles. The standard InChI is InChI=1S/C18H18N2O4S/c1-15(21)20-16-8-7-9-17(14-16)24-13-6-5-12-19-25(22,23)18-10-3-2-4-11-18/h2-4,7-11,14,19H,12-13H2,1H3,(H,20,21). The van der Waals surface area contributed by atoms with Crippen molar-refractivity contribution in [1.29, 1.82) is 0 Å². The van der Waals surface area contributed by atoms with Crippen LogP contribution in [0.25, 0.3) is 0 Å². The molecule has 0 fully saturated rings. The zero-order chi connectivity index (χ0) is 18.1. The number of nitrogens with one attached hydrogen (secondary N) is 2. The molecule has 0 heterocycles. The van der Waals surface area contributed by atoms with E-state index in [1.807, 2.05) is 0 Å². The van der Waals surface area contributed by atoms with E-state index >= 15 is 0 Å². The highest BCUT2D eigenvalue weighted by Gasteiger charge is 2.10. The molecule has 0 saturated carbocycles. The van der Waals surface area contributed by atoms with Gasteiger partial charge in [0.2, 0.25) is 15.9 Å². The third-order valence-electron chi connectivity index (χ3n) is 2.99. The Morgan fingerprint density at radius 1 is 1.08 bits per heavy atom. The van der Waals surface area contributed by atoms with Crippen molar-refractivity contribution in [3.63, 3.8) is 0 Å². The van der Waals surface area contributed by atoms with Gasteiger partial charge in [-0.25, -0.2) is 8.42 Å². The van der Waals surface area contributed by atoms with Crippen LogP contribution in [0.3, 0.4) is 0 Å². The highest BCUT2D eigenvalue weighted by molar-refractivity contribution is 7.89. The smallest absolute Gasteiger partial charge is 0.241 e. The minimum atomic E-state index is -3.55. The summed E-state index contributed by atoms with van der Waals surface area (Å²) in [7, 11) is -3.55. The number of ether oxygens (including phenoxy) is 1.